The lowest BCUT2D eigenvalue weighted by atomic mass is 10.5. The van der Waals surface area contributed by atoms with Crippen LogP contribution in [-0.4, -0.2) is 60.1 Å². The highest BCUT2D eigenvalue weighted by Crippen LogP contribution is 1.59. The van der Waals surface area contributed by atoms with E-state index in [9.17, 15) is 19.2 Å². The third kappa shape index (κ3) is 23.5. The van der Waals surface area contributed by atoms with Crippen LogP contribution in [0.5, 0.6) is 0 Å². The first-order valence-corrected chi connectivity index (χ1v) is 4.67. The number of carbonyl (C=O) groups excluding carboxylic acids is 2. The van der Waals surface area contributed by atoms with Crippen molar-refractivity contribution in [2.24, 2.45) is 11.5 Å². The van der Waals surface area contributed by atoms with E-state index in [1.807, 2.05) is 0 Å². The second-order valence-corrected chi connectivity index (χ2v) is 2.93. The molecule has 8 N–H and O–H groups in total. The van der Waals surface area contributed by atoms with Crippen LogP contribution in [-0.2, 0) is 19.2 Å². The minimum absolute atomic E-state index is 0.0910. The molecule has 0 radical (unpaired) electrons. The number of carbonyl (C=O) groups is 4. The molecule has 104 valence electrons. The Morgan fingerprint density at radius 2 is 1.00 bits per heavy atom. The zero-order valence-electron chi connectivity index (χ0n) is 9.51. The van der Waals surface area contributed by atoms with Gasteiger partial charge in [-0.2, -0.15) is 0 Å². The molecule has 10 heteroatoms. The summed E-state index contributed by atoms with van der Waals surface area (Å²) in [7, 11) is 0. The smallest absolute Gasteiger partial charge is 0.317 e. The number of carboxylic acid groups (broad SMARTS) is 2. The van der Waals surface area contributed by atoms with Gasteiger partial charge in [-0.25, -0.2) is 0 Å². The van der Waals surface area contributed by atoms with Crippen molar-refractivity contribution in [1.29, 1.82) is 0 Å². The first-order valence-electron chi connectivity index (χ1n) is 4.67. The zero-order chi connectivity index (χ0) is 14.6. The highest BCUT2D eigenvalue weighted by atomic mass is 16.4. The van der Waals surface area contributed by atoms with Gasteiger partial charge in [0.15, 0.2) is 0 Å². The van der Waals surface area contributed by atoms with Crippen molar-refractivity contribution in [2.75, 3.05) is 26.2 Å². The van der Waals surface area contributed by atoms with E-state index < -0.39 is 23.8 Å². The predicted octanol–water partition coefficient (Wildman–Crippen LogP) is -3.71. The monoisotopic (exact) mass is 264 g/mol. The standard InChI is InChI=1S/2C4H8N2O3/c2*5-3(7)1-6-2-4(8)9/h2*6H,1-2H2,(H2,5,7)(H,8,9). The number of amides is 2. The molecular formula is C8H16N4O6. The van der Waals surface area contributed by atoms with Gasteiger partial charge in [0.2, 0.25) is 11.8 Å². The molecule has 0 saturated heterocycles. The van der Waals surface area contributed by atoms with E-state index in [4.69, 9.17) is 10.2 Å². The molecule has 0 rings (SSSR count). The molecule has 0 spiro atoms. The van der Waals surface area contributed by atoms with Crippen LogP contribution in [0.2, 0.25) is 0 Å². The number of primary amides is 2. The van der Waals surface area contributed by atoms with Gasteiger partial charge in [-0.05, 0) is 0 Å². The third-order valence-corrected chi connectivity index (χ3v) is 1.15. The molecular weight excluding hydrogens is 248 g/mol. The Balaban J connectivity index is 0. The molecule has 0 unspecified atom stereocenters. The minimum Gasteiger partial charge on any atom is -0.480 e. The Morgan fingerprint density at radius 3 is 1.17 bits per heavy atom. The maximum absolute atomic E-state index is 9.95. The van der Waals surface area contributed by atoms with E-state index in [2.05, 4.69) is 22.1 Å². The van der Waals surface area contributed by atoms with Gasteiger partial charge in [-0.15, -0.1) is 0 Å². The number of hydrogen-bond acceptors (Lipinski definition) is 6. The van der Waals surface area contributed by atoms with Crippen molar-refractivity contribution in [2.45, 2.75) is 0 Å². The van der Waals surface area contributed by atoms with Gasteiger partial charge in [0, 0.05) is 0 Å². The molecule has 0 atom stereocenters. The molecule has 0 aromatic rings. The van der Waals surface area contributed by atoms with Gasteiger partial charge in [-0.3, -0.25) is 29.8 Å². The van der Waals surface area contributed by atoms with Gasteiger partial charge >= 0.3 is 11.9 Å². The van der Waals surface area contributed by atoms with Crippen molar-refractivity contribution in [3.05, 3.63) is 0 Å². The summed E-state index contributed by atoms with van der Waals surface area (Å²) in [5.74, 6) is -3.12. The number of aliphatic carboxylic acids is 2. The summed E-state index contributed by atoms with van der Waals surface area (Å²) in [6, 6.07) is 0. The molecule has 0 aliphatic heterocycles. The quantitative estimate of drug-likeness (QED) is 0.258. The molecule has 0 aliphatic rings. The Hall–Kier alpha value is -2.20. The van der Waals surface area contributed by atoms with Crippen LogP contribution in [0.4, 0.5) is 0 Å². The minimum atomic E-state index is -1.00. The summed E-state index contributed by atoms with van der Waals surface area (Å²) >= 11 is 0. The fourth-order valence-corrected chi connectivity index (χ4v) is 0.585. The lowest BCUT2D eigenvalue weighted by Crippen LogP contribution is -2.32. The van der Waals surface area contributed by atoms with Gasteiger partial charge in [0.05, 0.1) is 26.2 Å². The Morgan fingerprint density at radius 1 is 0.722 bits per heavy atom. The molecule has 0 aromatic carbocycles. The third-order valence-electron chi connectivity index (χ3n) is 1.15. The maximum atomic E-state index is 9.95. The zero-order valence-corrected chi connectivity index (χ0v) is 9.51. The van der Waals surface area contributed by atoms with Crippen LogP contribution in [0.25, 0.3) is 0 Å². The van der Waals surface area contributed by atoms with Gasteiger partial charge in [0.1, 0.15) is 0 Å². The van der Waals surface area contributed by atoms with Crippen molar-refractivity contribution in [3.8, 4) is 0 Å². The van der Waals surface area contributed by atoms with Crippen LogP contribution in [0.15, 0.2) is 0 Å². The normalized spacial score (nSPS) is 8.89. The van der Waals surface area contributed by atoms with Crippen LogP contribution in [0.1, 0.15) is 0 Å². The van der Waals surface area contributed by atoms with Crippen molar-refractivity contribution in [3.63, 3.8) is 0 Å². The Kier molecular flexibility index (Phi) is 11.4. The van der Waals surface area contributed by atoms with Gasteiger partial charge in [0.25, 0.3) is 0 Å². The molecule has 0 fully saturated rings. The molecule has 0 saturated carbocycles. The van der Waals surface area contributed by atoms with Crippen LogP contribution in [0.3, 0.4) is 0 Å². The van der Waals surface area contributed by atoms with Crippen molar-refractivity contribution >= 4 is 23.8 Å². The second kappa shape index (κ2) is 11.3. The van der Waals surface area contributed by atoms with E-state index in [1.54, 1.807) is 0 Å². The molecule has 0 aliphatic carbocycles. The predicted molar refractivity (Wildman–Crippen MR) is 59.4 cm³/mol. The van der Waals surface area contributed by atoms with Crippen molar-refractivity contribution < 1.29 is 29.4 Å². The molecule has 10 nitrogen and oxygen atoms in total. The Bertz CT molecular complexity index is 248. The lowest BCUT2D eigenvalue weighted by molar-refractivity contribution is -0.137. The summed E-state index contributed by atoms with van der Waals surface area (Å²) < 4.78 is 0. The highest BCUT2D eigenvalue weighted by Gasteiger charge is 1.96. The molecule has 2 amide bonds. The molecule has 0 aromatic heterocycles. The summed E-state index contributed by atoms with van der Waals surface area (Å²) in [5.41, 5.74) is 9.37. The van der Waals surface area contributed by atoms with Crippen LogP contribution < -0.4 is 22.1 Å². The van der Waals surface area contributed by atoms with Crippen LogP contribution in [0, 0.1) is 0 Å². The summed E-state index contributed by atoms with van der Waals surface area (Å²) in [6.45, 7) is -0.648. The van der Waals surface area contributed by atoms with Crippen molar-refractivity contribution in [1.82, 2.24) is 10.6 Å². The number of hydrogen-bond donors (Lipinski definition) is 6. The SMILES string of the molecule is NC(=O)CNCC(=O)O.NC(=O)CNCC(=O)O. The van der Waals surface area contributed by atoms with E-state index in [0.29, 0.717) is 0 Å². The number of nitrogens with one attached hydrogen (secondary N) is 2. The number of carboxylic acids is 2. The lowest BCUT2D eigenvalue weighted by Gasteiger charge is -1.94. The molecule has 18 heavy (non-hydrogen) atoms. The van der Waals surface area contributed by atoms with Gasteiger partial charge < -0.3 is 21.7 Å². The average molecular weight is 264 g/mol. The average Bonchev–Trinajstić information content (AvgIpc) is 2.15. The van der Waals surface area contributed by atoms with E-state index in [1.165, 1.54) is 0 Å². The Labute approximate surface area is 102 Å². The topological polar surface area (TPSA) is 185 Å². The molecule has 0 heterocycles. The fourth-order valence-electron chi connectivity index (χ4n) is 0.585. The fraction of sp³-hybridized carbons (Fsp3) is 0.500. The summed E-state index contributed by atoms with van der Waals surface area (Å²) in [5, 5.41) is 20.6. The van der Waals surface area contributed by atoms with E-state index in [0.717, 1.165) is 0 Å². The van der Waals surface area contributed by atoms with E-state index >= 15 is 0 Å². The largest absolute Gasteiger partial charge is 0.480 e. The first kappa shape index (κ1) is 18.2. The summed E-state index contributed by atoms with van der Waals surface area (Å²) in [4.78, 5) is 39.4. The second-order valence-electron chi connectivity index (χ2n) is 2.93. The summed E-state index contributed by atoms with van der Waals surface area (Å²) in [6.07, 6.45) is 0. The highest BCUT2D eigenvalue weighted by molar-refractivity contribution is 5.77. The number of nitrogens with two attached hydrogens (primary N) is 2. The van der Waals surface area contributed by atoms with E-state index in [-0.39, 0.29) is 26.2 Å². The number of rotatable bonds is 8. The van der Waals surface area contributed by atoms with Crippen LogP contribution >= 0.6 is 0 Å². The molecule has 0 bridgehead atoms. The maximum Gasteiger partial charge on any atom is 0.317 e. The first-order chi connectivity index (χ1) is 8.25. The van der Waals surface area contributed by atoms with Gasteiger partial charge in [-0.1, -0.05) is 0 Å².